The maximum Gasteiger partial charge on any atom is 0.261 e. The van der Waals surface area contributed by atoms with Crippen LogP contribution in [0.4, 0.5) is 5.82 Å². The number of hydrogen-bond acceptors (Lipinski definition) is 5. The average molecular weight is 365 g/mol. The number of unbranched alkanes of at least 4 members (excludes halogenated alkanes) is 2. The van der Waals surface area contributed by atoms with Gasteiger partial charge in [0.25, 0.3) is 11.8 Å². The molecule has 1 N–H and O–H groups in total. The minimum absolute atomic E-state index is 0.198. The van der Waals surface area contributed by atoms with E-state index in [0.29, 0.717) is 48.3 Å². The standard InChI is InChI=1S/C19H19N5O3/c1-23-17(13(11-20)12-21-23)22-16(25)9-3-2-6-10-24-18(26)14-7-4-5-8-15(14)19(24)27/h4-5,7-8,12H,2-3,6,9-10H2,1H3,(H,22,25). The van der Waals surface area contributed by atoms with Gasteiger partial charge in [0.05, 0.1) is 17.3 Å². The average Bonchev–Trinajstić information content (AvgIpc) is 3.14. The summed E-state index contributed by atoms with van der Waals surface area (Å²) in [7, 11) is 1.65. The fraction of sp³-hybridized carbons (Fsp3) is 0.316. The van der Waals surface area contributed by atoms with Crippen molar-refractivity contribution in [1.29, 1.82) is 5.26 Å². The number of nitrogens with one attached hydrogen (secondary N) is 1. The predicted molar refractivity (Wildman–Crippen MR) is 96.8 cm³/mol. The summed E-state index contributed by atoms with van der Waals surface area (Å²) in [5, 5.41) is 15.6. The number of nitrogens with zero attached hydrogens (tertiary/aromatic N) is 4. The van der Waals surface area contributed by atoms with E-state index in [2.05, 4.69) is 10.4 Å². The lowest BCUT2D eigenvalue weighted by Crippen LogP contribution is -2.30. The molecule has 0 fully saturated rings. The Labute approximate surface area is 156 Å². The van der Waals surface area contributed by atoms with Crippen molar-refractivity contribution in [2.45, 2.75) is 25.7 Å². The molecule has 0 saturated carbocycles. The third-order valence-electron chi connectivity index (χ3n) is 4.48. The fourth-order valence-corrected chi connectivity index (χ4v) is 3.04. The Hall–Kier alpha value is -3.47. The topological polar surface area (TPSA) is 108 Å². The van der Waals surface area contributed by atoms with Gasteiger partial charge in [-0.25, -0.2) is 0 Å². The Balaban J connectivity index is 1.42. The molecule has 3 amide bonds. The van der Waals surface area contributed by atoms with Crippen LogP contribution < -0.4 is 5.32 Å². The molecule has 2 aromatic rings. The molecule has 1 aromatic heterocycles. The van der Waals surface area contributed by atoms with Gasteiger partial charge in [-0.05, 0) is 25.0 Å². The first-order valence-electron chi connectivity index (χ1n) is 8.70. The minimum atomic E-state index is -0.256. The van der Waals surface area contributed by atoms with Crippen molar-refractivity contribution in [2.24, 2.45) is 7.05 Å². The van der Waals surface area contributed by atoms with Crippen LogP contribution in [-0.2, 0) is 11.8 Å². The number of hydrogen-bond donors (Lipinski definition) is 1. The van der Waals surface area contributed by atoms with Crippen LogP contribution in [0.1, 0.15) is 52.0 Å². The summed E-state index contributed by atoms with van der Waals surface area (Å²) >= 11 is 0. The lowest BCUT2D eigenvalue weighted by Gasteiger charge is -2.13. The van der Waals surface area contributed by atoms with E-state index in [4.69, 9.17) is 5.26 Å². The molecule has 1 aromatic carbocycles. The molecule has 1 aliphatic heterocycles. The first-order valence-corrected chi connectivity index (χ1v) is 8.70. The van der Waals surface area contributed by atoms with E-state index >= 15 is 0 Å². The predicted octanol–water partition coefficient (Wildman–Crippen LogP) is 2.09. The number of nitriles is 1. The largest absolute Gasteiger partial charge is 0.310 e. The number of carbonyl (C=O) groups excluding carboxylic acids is 3. The Morgan fingerprint density at radius 3 is 2.44 bits per heavy atom. The van der Waals surface area contributed by atoms with Crippen molar-refractivity contribution in [1.82, 2.24) is 14.7 Å². The van der Waals surface area contributed by atoms with Crippen molar-refractivity contribution in [2.75, 3.05) is 11.9 Å². The van der Waals surface area contributed by atoms with E-state index in [1.165, 1.54) is 15.8 Å². The highest BCUT2D eigenvalue weighted by Crippen LogP contribution is 2.23. The third-order valence-corrected chi connectivity index (χ3v) is 4.48. The van der Waals surface area contributed by atoms with E-state index in [1.807, 2.05) is 6.07 Å². The number of rotatable bonds is 7. The van der Waals surface area contributed by atoms with Crippen molar-refractivity contribution < 1.29 is 14.4 Å². The van der Waals surface area contributed by atoms with Crippen LogP contribution in [0.5, 0.6) is 0 Å². The molecule has 1 aliphatic rings. The van der Waals surface area contributed by atoms with Crippen LogP contribution >= 0.6 is 0 Å². The number of imide groups is 1. The molecular formula is C19H19N5O3. The number of aryl methyl sites for hydroxylation is 1. The van der Waals surface area contributed by atoms with Crippen LogP contribution in [-0.4, -0.2) is 38.9 Å². The molecule has 8 heteroatoms. The first kappa shape index (κ1) is 18.3. The first-order chi connectivity index (χ1) is 13.0. The summed E-state index contributed by atoms with van der Waals surface area (Å²) in [5.41, 5.74) is 1.22. The lowest BCUT2D eigenvalue weighted by atomic mass is 10.1. The van der Waals surface area contributed by atoms with E-state index < -0.39 is 0 Å². The molecule has 27 heavy (non-hydrogen) atoms. The van der Waals surface area contributed by atoms with Gasteiger partial charge in [0.15, 0.2) is 0 Å². The van der Waals surface area contributed by atoms with Gasteiger partial charge in [0, 0.05) is 20.0 Å². The molecular weight excluding hydrogens is 346 g/mol. The summed E-state index contributed by atoms with van der Waals surface area (Å²) in [5.74, 6) is -0.327. The molecule has 8 nitrogen and oxygen atoms in total. The number of amides is 3. The number of anilines is 1. The summed E-state index contributed by atoms with van der Waals surface area (Å²) < 4.78 is 1.44. The SMILES string of the molecule is Cn1ncc(C#N)c1NC(=O)CCCCCN1C(=O)c2ccccc2C1=O. The Morgan fingerprint density at radius 2 is 1.81 bits per heavy atom. The molecule has 0 spiro atoms. The summed E-state index contributed by atoms with van der Waals surface area (Å²) in [4.78, 5) is 37.8. The van der Waals surface area contributed by atoms with Crippen LogP contribution in [0, 0.1) is 11.3 Å². The minimum Gasteiger partial charge on any atom is -0.310 e. The Bertz CT molecular complexity index is 906. The molecule has 0 radical (unpaired) electrons. The van der Waals surface area contributed by atoms with E-state index in [0.717, 1.165) is 0 Å². The smallest absolute Gasteiger partial charge is 0.261 e. The highest BCUT2D eigenvalue weighted by atomic mass is 16.2. The number of aromatic nitrogens is 2. The van der Waals surface area contributed by atoms with Gasteiger partial charge in [-0.2, -0.15) is 10.4 Å². The van der Waals surface area contributed by atoms with Crippen LogP contribution in [0.2, 0.25) is 0 Å². The fourth-order valence-electron chi connectivity index (χ4n) is 3.04. The molecule has 0 saturated heterocycles. The molecule has 0 atom stereocenters. The number of benzene rings is 1. The van der Waals surface area contributed by atoms with Crippen LogP contribution in [0.15, 0.2) is 30.5 Å². The molecule has 0 bridgehead atoms. The zero-order chi connectivity index (χ0) is 19.4. The highest BCUT2D eigenvalue weighted by Gasteiger charge is 2.34. The zero-order valence-electron chi connectivity index (χ0n) is 14.9. The van der Waals surface area contributed by atoms with Gasteiger partial charge in [-0.3, -0.25) is 24.0 Å². The maximum absolute atomic E-state index is 12.3. The molecule has 0 unspecified atom stereocenters. The number of fused-ring (bicyclic) bond motifs is 1. The van der Waals surface area contributed by atoms with Crippen LogP contribution in [0.3, 0.4) is 0 Å². The van der Waals surface area contributed by atoms with Gasteiger partial charge in [-0.15, -0.1) is 0 Å². The second-order valence-electron chi connectivity index (χ2n) is 6.31. The Kier molecular flexibility index (Phi) is 5.31. The monoisotopic (exact) mass is 365 g/mol. The Morgan fingerprint density at radius 1 is 1.15 bits per heavy atom. The quantitative estimate of drug-likeness (QED) is 0.597. The van der Waals surface area contributed by atoms with Gasteiger partial charge in [0.2, 0.25) is 5.91 Å². The van der Waals surface area contributed by atoms with E-state index in [-0.39, 0.29) is 24.1 Å². The summed E-state index contributed by atoms with van der Waals surface area (Å²) in [6.07, 6.45) is 3.65. The van der Waals surface area contributed by atoms with E-state index in [9.17, 15) is 14.4 Å². The highest BCUT2D eigenvalue weighted by molar-refractivity contribution is 6.21. The molecule has 0 aliphatic carbocycles. The van der Waals surface area contributed by atoms with Crippen LogP contribution in [0.25, 0.3) is 0 Å². The van der Waals surface area contributed by atoms with Gasteiger partial charge >= 0.3 is 0 Å². The van der Waals surface area contributed by atoms with Crippen molar-refractivity contribution in [3.05, 3.63) is 47.2 Å². The van der Waals surface area contributed by atoms with Gasteiger partial charge < -0.3 is 5.32 Å². The molecule has 2 heterocycles. The normalized spacial score (nSPS) is 12.8. The van der Waals surface area contributed by atoms with E-state index in [1.54, 1.807) is 31.3 Å². The van der Waals surface area contributed by atoms with Crippen molar-refractivity contribution in [3.8, 4) is 6.07 Å². The molecule has 3 rings (SSSR count). The summed E-state index contributed by atoms with van der Waals surface area (Å²) in [6, 6.07) is 8.78. The number of carbonyl (C=O) groups is 3. The maximum atomic E-state index is 12.3. The second-order valence-corrected chi connectivity index (χ2v) is 6.31. The van der Waals surface area contributed by atoms with Crippen molar-refractivity contribution >= 4 is 23.5 Å². The third kappa shape index (κ3) is 3.72. The summed E-state index contributed by atoms with van der Waals surface area (Å²) in [6.45, 7) is 0.342. The van der Waals surface area contributed by atoms with Gasteiger partial charge in [-0.1, -0.05) is 18.6 Å². The lowest BCUT2D eigenvalue weighted by molar-refractivity contribution is -0.116. The molecule has 138 valence electrons. The second kappa shape index (κ2) is 7.83. The zero-order valence-corrected chi connectivity index (χ0v) is 14.9. The van der Waals surface area contributed by atoms with Gasteiger partial charge in [0.1, 0.15) is 17.5 Å². The van der Waals surface area contributed by atoms with Crippen molar-refractivity contribution in [3.63, 3.8) is 0 Å².